The molecule has 0 saturated carbocycles. The molecule has 0 radical (unpaired) electrons. The number of hydrogen-bond acceptors (Lipinski definition) is 4. The smallest absolute Gasteiger partial charge is 0.251 e. The molecule has 0 bridgehead atoms. The summed E-state index contributed by atoms with van der Waals surface area (Å²) < 4.78 is 5.33. The van der Waals surface area contributed by atoms with Gasteiger partial charge < -0.3 is 15.4 Å². The van der Waals surface area contributed by atoms with Gasteiger partial charge in [0.2, 0.25) is 5.91 Å². The van der Waals surface area contributed by atoms with E-state index in [0.717, 1.165) is 32.8 Å². The number of morpholine rings is 1. The second-order valence-corrected chi connectivity index (χ2v) is 5.99. The fourth-order valence-corrected chi connectivity index (χ4v) is 2.60. The number of nitrogens with zero attached hydrogens (tertiary/aromatic N) is 1. The van der Waals surface area contributed by atoms with Gasteiger partial charge >= 0.3 is 0 Å². The van der Waals surface area contributed by atoms with Crippen LogP contribution in [0.5, 0.6) is 0 Å². The molecule has 1 unspecified atom stereocenters. The molecule has 126 valence electrons. The van der Waals surface area contributed by atoms with Crippen molar-refractivity contribution < 1.29 is 14.3 Å². The maximum atomic E-state index is 12.2. The number of carbonyl (C=O) groups is 2. The fourth-order valence-electron chi connectivity index (χ4n) is 2.60. The van der Waals surface area contributed by atoms with Gasteiger partial charge in [0.15, 0.2) is 0 Å². The van der Waals surface area contributed by atoms with Crippen LogP contribution in [0.3, 0.4) is 0 Å². The second-order valence-electron chi connectivity index (χ2n) is 5.99. The van der Waals surface area contributed by atoms with Crippen LogP contribution in [0.2, 0.25) is 0 Å². The molecular weight excluding hydrogens is 294 g/mol. The molecular formula is C17H25N3O3. The van der Waals surface area contributed by atoms with Crippen LogP contribution in [0.15, 0.2) is 24.3 Å². The largest absolute Gasteiger partial charge is 0.379 e. The molecule has 1 aromatic rings. The van der Waals surface area contributed by atoms with E-state index in [1.165, 1.54) is 6.92 Å². The highest BCUT2D eigenvalue weighted by Gasteiger charge is 2.15. The Labute approximate surface area is 137 Å². The van der Waals surface area contributed by atoms with E-state index in [0.29, 0.717) is 23.7 Å². The predicted octanol–water partition coefficient (Wildman–Crippen LogP) is 1.34. The Morgan fingerprint density at radius 3 is 2.74 bits per heavy atom. The van der Waals surface area contributed by atoms with Crippen LogP contribution in [-0.2, 0) is 9.53 Å². The zero-order valence-corrected chi connectivity index (χ0v) is 13.8. The zero-order valence-electron chi connectivity index (χ0n) is 13.8. The lowest BCUT2D eigenvalue weighted by Crippen LogP contribution is -2.41. The van der Waals surface area contributed by atoms with Crippen molar-refractivity contribution in [3.63, 3.8) is 0 Å². The SMILES string of the molecule is CC(=O)Nc1cccc(C(=O)NCC(C)CN2CCOCC2)c1. The van der Waals surface area contributed by atoms with Gasteiger partial charge in [-0.2, -0.15) is 0 Å². The minimum Gasteiger partial charge on any atom is -0.379 e. The highest BCUT2D eigenvalue weighted by Crippen LogP contribution is 2.11. The van der Waals surface area contributed by atoms with E-state index in [1.807, 2.05) is 0 Å². The Hall–Kier alpha value is -1.92. The molecule has 6 heteroatoms. The van der Waals surface area contributed by atoms with E-state index in [1.54, 1.807) is 24.3 Å². The van der Waals surface area contributed by atoms with E-state index in [-0.39, 0.29) is 11.8 Å². The highest BCUT2D eigenvalue weighted by molar-refractivity contribution is 5.96. The highest BCUT2D eigenvalue weighted by atomic mass is 16.5. The first-order valence-electron chi connectivity index (χ1n) is 8.00. The molecule has 0 aromatic heterocycles. The van der Waals surface area contributed by atoms with Crippen molar-refractivity contribution in [2.75, 3.05) is 44.7 Å². The summed E-state index contributed by atoms with van der Waals surface area (Å²) in [4.78, 5) is 25.7. The number of ether oxygens (including phenoxy) is 1. The Balaban J connectivity index is 1.80. The molecule has 23 heavy (non-hydrogen) atoms. The van der Waals surface area contributed by atoms with Crippen LogP contribution < -0.4 is 10.6 Å². The number of rotatable bonds is 6. The monoisotopic (exact) mass is 319 g/mol. The standard InChI is InChI=1S/C17H25N3O3/c1-13(12-20-6-8-23-9-7-20)11-18-17(22)15-4-3-5-16(10-15)19-14(2)21/h3-5,10,13H,6-9,11-12H2,1-2H3,(H,18,22)(H,19,21). The van der Waals surface area contributed by atoms with E-state index in [9.17, 15) is 9.59 Å². The molecule has 1 aliphatic heterocycles. The van der Waals surface area contributed by atoms with Crippen molar-refractivity contribution in [3.05, 3.63) is 29.8 Å². The third-order valence-corrected chi connectivity index (χ3v) is 3.73. The van der Waals surface area contributed by atoms with Gasteiger partial charge in [-0.1, -0.05) is 13.0 Å². The topological polar surface area (TPSA) is 70.7 Å². The van der Waals surface area contributed by atoms with Gasteiger partial charge in [0.05, 0.1) is 13.2 Å². The summed E-state index contributed by atoms with van der Waals surface area (Å²) >= 11 is 0. The van der Waals surface area contributed by atoms with Gasteiger partial charge in [0.25, 0.3) is 5.91 Å². The van der Waals surface area contributed by atoms with Gasteiger partial charge in [-0.25, -0.2) is 0 Å². The van der Waals surface area contributed by atoms with Gasteiger partial charge in [0.1, 0.15) is 0 Å². The number of benzene rings is 1. The summed E-state index contributed by atoms with van der Waals surface area (Å²) in [5, 5.41) is 5.64. The van der Waals surface area contributed by atoms with Gasteiger partial charge in [-0.05, 0) is 24.1 Å². The fraction of sp³-hybridized carbons (Fsp3) is 0.529. The maximum absolute atomic E-state index is 12.2. The Morgan fingerprint density at radius 2 is 2.04 bits per heavy atom. The van der Waals surface area contributed by atoms with Crippen molar-refractivity contribution in [1.82, 2.24) is 10.2 Å². The Kier molecular flexibility index (Phi) is 6.55. The Morgan fingerprint density at radius 1 is 1.30 bits per heavy atom. The molecule has 2 amide bonds. The predicted molar refractivity (Wildman–Crippen MR) is 89.5 cm³/mol. The van der Waals surface area contributed by atoms with Crippen LogP contribution in [-0.4, -0.2) is 56.1 Å². The van der Waals surface area contributed by atoms with E-state index >= 15 is 0 Å². The van der Waals surface area contributed by atoms with Crippen molar-refractivity contribution >= 4 is 17.5 Å². The van der Waals surface area contributed by atoms with Crippen LogP contribution in [0, 0.1) is 5.92 Å². The number of anilines is 1. The molecule has 1 fully saturated rings. The first kappa shape index (κ1) is 17.4. The third-order valence-electron chi connectivity index (χ3n) is 3.73. The summed E-state index contributed by atoms with van der Waals surface area (Å²) in [7, 11) is 0. The summed E-state index contributed by atoms with van der Waals surface area (Å²) in [6.45, 7) is 8.64. The van der Waals surface area contributed by atoms with Gasteiger partial charge in [-0.15, -0.1) is 0 Å². The summed E-state index contributed by atoms with van der Waals surface area (Å²) in [5.74, 6) is 0.100. The molecule has 1 atom stereocenters. The lowest BCUT2D eigenvalue weighted by atomic mass is 10.1. The molecule has 1 heterocycles. The second kappa shape index (κ2) is 8.64. The van der Waals surface area contributed by atoms with Crippen LogP contribution >= 0.6 is 0 Å². The first-order chi connectivity index (χ1) is 11.0. The minimum absolute atomic E-state index is 0.119. The summed E-state index contributed by atoms with van der Waals surface area (Å²) in [6, 6.07) is 6.95. The normalized spacial score (nSPS) is 16.6. The van der Waals surface area contributed by atoms with E-state index in [2.05, 4.69) is 22.5 Å². The quantitative estimate of drug-likeness (QED) is 0.830. The van der Waals surface area contributed by atoms with Gasteiger partial charge in [0, 0.05) is 44.4 Å². The molecule has 1 aromatic carbocycles. The lowest BCUT2D eigenvalue weighted by molar-refractivity contribution is -0.114. The molecule has 0 spiro atoms. The first-order valence-corrected chi connectivity index (χ1v) is 8.00. The van der Waals surface area contributed by atoms with Crippen molar-refractivity contribution in [2.45, 2.75) is 13.8 Å². The molecule has 6 nitrogen and oxygen atoms in total. The van der Waals surface area contributed by atoms with Crippen molar-refractivity contribution in [1.29, 1.82) is 0 Å². The average molecular weight is 319 g/mol. The number of amides is 2. The van der Waals surface area contributed by atoms with E-state index < -0.39 is 0 Å². The Bertz CT molecular complexity index is 542. The average Bonchev–Trinajstić information content (AvgIpc) is 2.53. The zero-order chi connectivity index (χ0) is 16.7. The number of carbonyl (C=O) groups excluding carboxylic acids is 2. The van der Waals surface area contributed by atoms with Crippen LogP contribution in [0.25, 0.3) is 0 Å². The summed E-state index contributed by atoms with van der Waals surface area (Å²) in [5.41, 5.74) is 1.18. The summed E-state index contributed by atoms with van der Waals surface area (Å²) in [6.07, 6.45) is 0. The molecule has 2 N–H and O–H groups in total. The van der Waals surface area contributed by atoms with Crippen molar-refractivity contribution in [3.8, 4) is 0 Å². The molecule has 1 aliphatic rings. The van der Waals surface area contributed by atoms with Crippen molar-refractivity contribution in [2.24, 2.45) is 5.92 Å². The third kappa shape index (κ3) is 6.00. The van der Waals surface area contributed by atoms with Crippen LogP contribution in [0.1, 0.15) is 24.2 Å². The molecule has 1 saturated heterocycles. The number of hydrogen-bond donors (Lipinski definition) is 2. The number of nitrogens with one attached hydrogen (secondary N) is 2. The minimum atomic E-state index is -0.151. The van der Waals surface area contributed by atoms with Crippen LogP contribution in [0.4, 0.5) is 5.69 Å². The molecule has 0 aliphatic carbocycles. The van der Waals surface area contributed by atoms with E-state index in [4.69, 9.17) is 4.74 Å². The van der Waals surface area contributed by atoms with Gasteiger partial charge in [-0.3, -0.25) is 14.5 Å². The maximum Gasteiger partial charge on any atom is 0.251 e. The molecule has 2 rings (SSSR count). The lowest BCUT2D eigenvalue weighted by Gasteiger charge is -2.29.